The van der Waals surface area contributed by atoms with Crippen molar-refractivity contribution < 1.29 is 23.4 Å². The van der Waals surface area contributed by atoms with Crippen LogP contribution in [0, 0.1) is 15.9 Å². The van der Waals surface area contributed by atoms with Gasteiger partial charge in [-0.1, -0.05) is 0 Å². The van der Waals surface area contributed by atoms with Crippen molar-refractivity contribution in [2.75, 3.05) is 7.11 Å². The predicted octanol–water partition coefficient (Wildman–Crippen LogP) is 2.04. The van der Waals surface area contributed by atoms with E-state index in [9.17, 15) is 14.5 Å². The molecule has 1 aliphatic heterocycles. The van der Waals surface area contributed by atoms with Crippen LogP contribution in [0.5, 0.6) is 5.75 Å². The Balaban J connectivity index is 2.47. The number of ether oxygens (including phenoxy) is 1. The fraction of sp³-hybridized carbons (Fsp3) is 0.538. The second-order valence-electron chi connectivity index (χ2n) is 5.89. The first-order valence-corrected chi connectivity index (χ1v) is 6.46. The fourth-order valence-electron chi connectivity index (χ4n) is 2.02. The van der Waals surface area contributed by atoms with Crippen molar-refractivity contribution in [1.29, 1.82) is 0 Å². The monoisotopic (exact) mass is 297 g/mol. The summed E-state index contributed by atoms with van der Waals surface area (Å²) in [6.45, 7) is 7.29. The Kier molecular flexibility index (Phi) is 3.71. The molecule has 1 aromatic carbocycles. The number of methoxy groups -OCH3 is 1. The van der Waals surface area contributed by atoms with Gasteiger partial charge in [-0.15, -0.1) is 0 Å². The van der Waals surface area contributed by atoms with Gasteiger partial charge in [0.1, 0.15) is 5.82 Å². The molecular weight excluding hydrogens is 280 g/mol. The van der Waals surface area contributed by atoms with Gasteiger partial charge in [0, 0.05) is 17.6 Å². The first kappa shape index (κ1) is 15.7. The summed E-state index contributed by atoms with van der Waals surface area (Å²) in [6, 6.07) is 2.06. The first-order valence-electron chi connectivity index (χ1n) is 6.46. The summed E-state index contributed by atoms with van der Waals surface area (Å²) in [5.74, 6) is -0.811. The first-order chi connectivity index (χ1) is 9.59. The molecule has 0 amide bonds. The van der Waals surface area contributed by atoms with Crippen LogP contribution in [0.1, 0.15) is 27.7 Å². The Morgan fingerprint density at radius 1 is 1.24 bits per heavy atom. The van der Waals surface area contributed by atoms with E-state index in [2.05, 4.69) is 0 Å². The van der Waals surface area contributed by atoms with Crippen LogP contribution in [0.15, 0.2) is 12.1 Å². The zero-order chi connectivity index (χ0) is 16.0. The molecule has 1 aromatic rings. The van der Waals surface area contributed by atoms with Crippen molar-refractivity contribution in [2.45, 2.75) is 38.9 Å². The molecule has 0 aliphatic carbocycles. The highest BCUT2D eigenvalue weighted by atomic mass is 19.1. The number of hydrogen-bond acceptors (Lipinski definition) is 5. The van der Waals surface area contributed by atoms with Gasteiger partial charge < -0.3 is 14.0 Å². The smallest absolute Gasteiger partial charge is 0.490 e. The van der Waals surface area contributed by atoms with E-state index >= 15 is 0 Å². The van der Waals surface area contributed by atoms with E-state index < -0.39 is 29.1 Å². The van der Waals surface area contributed by atoms with Gasteiger partial charge in [0.2, 0.25) is 0 Å². The highest BCUT2D eigenvalue weighted by molar-refractivity contribution is 6.62. The van der Waals surface area contributed by atoms with E-state index in [1.165, 1.54) is 7.11 Å². The molecule has 114 valence electrons. The quantitative estimate of drug-likeness (QED) is 0.485. The minimum atomic E-state index is -1.00. The number of nitro groups is 1. The van der Waals surface area contributed by atoms with Gasteiger partial charge in [0.15, 0.2) is 5.75 Å². The van der Waals surface area contributed by atoms with Crippen molar-refractivity contribution >= 4 is 18.3 Å². The van der Waals surface area contributed by atoms with Gasteiger partial charge >= 0.3 is 12.8 Å². The lowest BCUT2D eigenvalue weighted by Crippen LogP contribution is -2.41. The molecule has 1 heterocycles. The standard InChI is InChI=1S/C13H17BFNO5/c1-12(2)13(3,4)21-14(20-12)8-6-10(16(17)18)11(19-5)7-9(8)15/h6-7H,1-5H3. The van der Waals surface area contributed by atoms with Crippen molar-refractivity contribution in [1.82, 2.24) is 0 Å². The molecule has 8 heteroatoms. The average molecular weight is 297 g/mol. The van der Waals surface area contributed by atoms with Crippen molar-refractivity contribution in [3.05, 3.63) is 28.1 Å². The lowest BCUT2D eigenvalue weighted by atomic mass is 9.78. The molecule has 6 nitrogen and oxygen atoms in total. The normalized spacial score (nSPS) is 19.6. The number of halogens is 1. The van der Waals surface area contributed by atoms with Crippen molar-refractivity contribution in [3.63, 3.8) is 0 Å². The van der Waals surface area contributed by atoms with Gasteiger partial charge in [-0.3, -0.25) is 10.1 Å². The molecule has 1 fully saturated rings. The van der Waals surface area contributed by atoms with E-state index in [-0.39, 0.29) is 16.9 Å². The predicted molar refractivity (Wildman–Crippen MR) is 75.3 cm³/mol. The second kappa shape index (κ2) is 4.96. The summed E-state index contributed by atoms with van der Waals surface area (Å²) >= 11 is 0. The number of rotatable bonds is 3. The van der Waals surface area contributed by atoms with E-state index in [0.717, 1.165) is 12.1 Å². The maximum atomic E-state index is 14.2. The van der Waals surface area contributed by atoms with Gasteiger partial charge in [0.05, 0.1) is 23.2 Å². The van der Waals surface area contributed by atoms with Crippen LogP contribution in [0.2, 0.25) is 0 Å². The number of nitrogens with zero attached hydrogens (tertiary/aromatic N) is 1. The Morgan fingerprint density at radius 2 is 1.76 bits per heavy atom. The van der Waals surface area contributed by atoms with E-state index in [4.69, 9.17) is 14.0 Å². The second-order valence-corrected chi connectivity index (χ2v) is 5.89. The lowest BCUT2D eigenvalue weighted by molar-refractivity contribution is -0.385. The molecule has 1 aliphatic rings. The Morgan fingerprint density at radius 3 is 2.19 bits per heavy atom. The number of nitro benzene ring substituents is 1. The van der Waals surface area contributed by atoms with Crippen LogP contribution in [-0.4, -0.2) is 30.4 Å². The minimum absolute atomic E-state index is 0.0128. The number of benzene rings is 1. The molecular formula is C13H17BFNO5. The Labute approximate surface area is 122 Å². The zero-order valence-electron chi connectivity index (χ0n) is 12.6. The summed E-state index contributed by atoms with van der Waals surface area (Å²) < 4.78 is 30.4. The highest BCUT2D eigenvalue weighted by Gasteiger charge is 2.52. The molecule has 0 aromatic heterocycles. The van der Waals surface area contributed by atoms with Crippen molar-refractivity contribution in [2.24, 2.45) is 0 Å². The molecule has 0 radical (unpaired) electrons. The number of hydrogen-bond donors (Lipinski definition) is 0. The summed E-state index contributed by atoms with van der Waals surface area (Å²) in [5.41, 5.74) is -1.65. The maximum absolute atomic E-state index is 14.2. The fourth-order valence-corrected chi connectivity index (χ4v) is 2.02. The van der Waals surface area contributed by atoms with E-state index in [0.29, 0.717) is 0 Å². The summed E-state index contributed by atoms with van der Waals surface area (Å²) in [7, 11) is 0.246. The van der Waals surface area contributed by atoms with Gasteiger partial charge in [0.25, 0.3) is 0 Å². The van der Waals surface area contributed by atoms with Gasteiger partial charge in [-0.25, -0.2) is 4.39 Å². The van der Waals surface area contributed by atoms with Gasteiger partial charge in [-0.05, 0) is 27.7 Å². The minimum Gasteiger partial charge on any atom is -0.490 e. The molecule has 0 N–H and O–H groups in total. The third-order valence-electron chi connectivity index (χ3n) is 4.00. The van der Waals surface area contributed by atoms with Gasteiger partial charge in [-0.2, -0.15) is 0 Å². The van der Waals surface area contributed by atoms with Crippen LogP contribution >= 0.6 is 0 Å². The SMILES string of the molecule is COc1cc(F)c(B2OC(C)(C)C(C)(C)O2)cc1[N+](=O)[O-]. The molecule has 21 heavy (non-hydrogen) atoms. The molecule has 0 unspecified atom stereocenters. The molecule has 0 atom stereocenters. The summed E-state index contributed by atoms with van der Waals surface area (Å²) in [5, 5.41) is 11.0. The van der Waals surface area contributed by atoms with Crippen molar-refractivity contribution in [3.8, 4) is 5.75 Å². The van der Waals surface area contributed by atoms with Crippen LogP contribution < -0.4 is 10.2 Å². The van der Waals surface area contributed by atoms with Crippen LogP contribution in [-0.2, 0) is 9.31 Å². The Bertz CT molecular complexity index is 574. The van der Waals surface area contributed by atoms with Crippen LogP contribution in [0.25, 0.3) is 0 Å². The molecule has 1 saturated heterocycles. The maximum Gasteiger partial charge on any atom is 0.498 e. The van der Waals surface area contributed by atoms with Crippen LogP contribution in [0.3, 0.4) is 0 Å². The molecule has 0 saturated carbocycles. The van der Waals surface area contributed by atoms with Crippen LogP contribution in [0.4, 0.5) is 10.1 Å². The third kappa shape index (κ3) is 2.61. The van der Waals surface area contributed by atoms with E-state index in [1.54, 1.807) is 0 Å². The summed E-state index contributed by atoms with van der Waals surface area (Å²) in [6.07, 6.45) is 0. The molecule has 0 bridgehead atoms. The lowest BCUT2D eigenvalue weighted by Gasteiger charge is -2.32. The third-order valence-corrected chi connectivity index (χ3v) is 4.00. The average Bonchev–Trinajstić information content (AvgIpc) is 2.57. The zero-order valence-corrected chi connectivity index (χ0v) is 12.6. The molecule has 2 rings (SSSR count). The van der Waals surface area contributed by atoms with E-state index in [1.807, 2.05) is 27.7 Å². The highest BCUT2D eigenvalue weighted by Crippen LogP contribution is 2.37. The molecule has 0 spiro atoms. The summed E-state index contributed by atoms with van der Waals surface area (Å²) in [4.78, 5) is 10.4. The Hall–Kier alpha value is -1.67. The largest absolute Gasteiger partial charge is 0.498 e. The topological polar surface area (TPSA) is 70.8 Å².